The summed E-state index contributed by atoms with van der Waals surface area (Å²) < 4.78 is 21.4. The molecule has 8 nitrogen and oxygen atoms in total. The minimum Gasteiger partial charge on any atom is -0.485 e. The number of fused-ring (bicyclic) bond motifs is 1. The van der Waals surface area contributed by atoms with Crippen LogP contribution in [0.3, 0.4) is 0 Å². The van der Waals surface area contributed by atoms with E-state index in [2.05, 4.69) is 9.97 Å². The average Bonchev–Trinajstić information content (AvgIpc) is 3.34. The third-order valence-corrected chi connectivity index (χ3v) is 3.77. The molecule has 0 radical (unpaired) electrons. The smallest absolute Gasteiger partial charge is 0.267 e. The standard InChI is InChI=1S/C17H15N3O5/c21-17(16-9-24-14-3-1-2-4-15(14)25-16)20(5-12-7-22-10-18-12)6-13-8-23-11-19-13/h1-4,7-8,10-11,16H,5-6,9H2/t16-/m0/s1. The van der Waals surface area contributed by atoms with Crippen molar-refractivity contribution in [3.63, 3.8) is 0 Å². The molecule has 0 bridgehead atoms. The Morgan fingerprint density at radius 1 is 1.04 bits per heavy atom. The summed E-state index contributed by atoms with van der Waals surface area (Å²) in [7, 11) is 0. The molecular weight excluding hydrogens is 326 g/mol. The second kappa shape index (κ2) is 6.68. The molecule has 25 heavy (non-hydrogen) atoms. The number of hydrogen-bond donors (Lipinski definition) is 0. The van der Waals surface area contributed by atoms with E-state index >= 15 is 0 Å². The molecule has 8 heteroatoms. The third kappa shape index (κ3) is 3.32. The van der Waals surface area contributed by atoms with Gasteiger partial charge in [0.15, 0.2) is 24.3 Å². The quantitative estimate of drug-likeness (QED) is 0.701. The van der Waals surface area contributed by atoms with Crippen LogP contribution in [0.25, 0.3) is 0 Å². The highest BCUT2D eigenvalue weighted by Crippen LogP contribution is 2.31. The molecule has 1 aromatic carbocycles. The van der Waals surface area contributed by atoms with E-state index in [4.69, 9.17) is 18.3 Å². The lowest BCUT2D eigenvalue weighted by molar-refractivity contribution is -0.142. The molecule has 1 aliphatic heterocycles. The first-order valence-electron chi connectivity index (χ1n) is 7.71. The number of benzene rings is 1. The number of ether oxygens (including phenoxy) is 2. The summed E-state index contributed by atoms with van der Waals surface area (Å²) in [5.41, 5.74) is 1.27. The van der Waals surface area contributed by atoms with Crippen molar-refractivity contribution >= 4 is 5.91 Å². The molecular formula is C17H15N3O5. The topological polar surface area (TPSA) is 90.8 Å². The van der Waals surface area contributed by atoms with Crippen LogP contribution in [0.1, 0.15) is 11.4 Å². The van der Waals surface area contributed by atoms with E-state index in [9.17, 15) is 4.79 Å². The summed E-state index contributed by atoms with van der Waals surface area (Å²) in [4.78, 5) is 22.7. The van der Waals surface area contributed by atoms with Crippen molar-refractivity contribution in [2.45, 2.75) is 19.2 Å². The lowest BCUT2D eigenvalue weighted by Crippen LogP contribution is -2.45. The second-order valence-electron chi connectivity index (χ2n) is 5.52. The second-order valence-corrected chi connectivity index (χ2v) is 5.52. The van der Waals surface area contributed by atoms with Gasteiger partial charge in [-0.05, 0) is 12.1 Å². The van der Waals surface area contributed by atoms with Gasteiger partial charge in [0.1, 0.15) is 19.1 Å². The highest BCUT2D eigenvalue weighted by atomic mass is 16.6. The van der Waals surface area contributed by atoms with Gasteiger partial charge in [0.05, 0.1) is 24.5 Å². The van der Waals surface area contributed by atoms with Crippen molar-refractivity contribution in [2.75, 3.05) is 6.61 Å². The number of rotatable bonds is 5. The fourth-order valence-electron chi connectivity index (χ4n) is 2.58. The van der Waals surface area contributed by atoms with Crippen molar-refractivity contribution in [3.05, 3.63) is 61.0 Å². The van der Waals surface area contributed by atoms with Crippen molar-refractivity contribution < 1.29 is 23.1 Å². The maximum Gasteiger partial charge on any atom is 0.267 e. The molecule has 3 aromatic rings. The lowest BCUT2D eigenvalue weighted by Gasteiger charge is -2.30. The van der Waals surface area contributed by atoms with Crippen LogP contribution in [0.5, 0.6) is 11.5 Å². The Labute approximate surface area is 143 Å². The van der Waals surface area contributed by atoms with Gasteiger partial charge < -0.3 is 23.2 Å². The van der Waals surface area contributed by atoms with E-state index < -0.39 is 6.10 Å². The molecule has 0 fully saturated rings. The maximum absolute atomic E-state index is 13.0. The average molecular weight is 341 g/mol. The fraction of sp³-hybridized carbons (Fsp3) is 0.235. The fourth-order valence-corrected chi connectivity index (χ4v) is 2.58. The van der Waals surface area contributed by atoms with Crippen LogP contribution in [0, 0.1) is 0 Å². The SMILES string of the molecule is O=C([C@@H]1COc2ccccc2O1)N(Cc1cocn1)Cc1cocn1. The van der Waals surface area contributed by atoms with Crippen molar-refractivity contribution in [3.8, 4) is 11.5 Å². The summed E-state index contributed by atoms with van der Waals surface area (Å²) in [5, 5.41) is 0. The number of oxazole rings is 2. The summed E-state index contributed by atoms with van der Waals surface area (Å²) in [5.74, 6) is 0.960. The van der Waals surface area contributed by atoms with E-state index in [0.717, 1.165) is 0 Å². The zero-order valence-electron chi connectivity index (χ0n) is 13.2. The number of para-hydroxylation sites is 2. The first kappa shape index (κ1) is 15.3. The van der Waals surface area contributed by atoms with Crippen LogP contribution in [0.15, 0.2) is 58.4 Å². The first-order chi connectivity index (χ1) is 12.3. The highest BCUT2D eigenvalue weighted by Gasteiger charge is 2.31. The van der Waals surface area contributed by atoms with Gasteiger partial charge in [0.25, 0.3) is 5.91 Å². The molecule has 1 amide bonds. The largest absolute Gasteiger partial charge is 0.485 e. The number of nitrogens with zero attached hydrogens (tertiary/aromatic N) is 3. The molecule has 0 N–H and O–H groups in total. The Kier molecular flexibility index (Phi) is 4.07. The van der Waals surface area contributed by atoms with Crippen molar-refractivity contribution in [1.29, 1.82) is 0 Å². The van der Waals surface area contributed by atoms with Gasteiger partial charge in [-0.1, -0.05) is 12.1 Å². The minimum absolute atomic E-state index is 0.143. The van der Waals surface area contributed by atoms with Gasteiger partial charge in [-0.15, -0.1) is 0 Å². The predicted octanol–water partition coefficient (Wildman–Crippen LogP) is 2.03. The Hall–Kier alpha value is -3.29. The molecule has 4 rings (SSSR count). The molecule has 3 heterocycles. The van der Waals surface area contributed by atoms with Crippen LogP contribution in [-0.4, -0.2) is 33.5 Å². The number of amides is 1. The monoisotopic (exact) mass is 341 g/mol. The zero-order valence-corrected chi connectivity index (χ0v) is 13.2. The van der Waals surface area contributed by atoms with Gasteiger partial charge >= 0.3 is 0 Å². The summed E-state index contributed by atoms with van der Waals surface area (Å²) in [6.07, 6.45) is 4.90. The molecule has 0 unspecified atom stereocenters. The molecule has 128 valence electrons. The molecule has 1 atom stereocenters. The summed E-state index contributed by atoms with van der Waals surface area (Å²) in [6, 6.07) is 7.26. The number of carbonyl (C=O) groups is 1. The normalized spacial score (nSPS) is 15.8. The van der Waals surface area contributed by atoms with Gasteiger partial charge in [-0.25, -0.2) is 9.97 Å². The Balaban J connectivity index is 1.53. The maximum atomic E-state index is 13.0. The Morgan fingerprint density at radius 3 is 2.28 bits per heavy atom. The predicted molar refractivity (Wildman–Crippen MR) is 83.6 cm³/mol. The summed E-state index contributed by atoms with van der Waals surface area (Å²) in [6.45, 7) is 0.678. The number of hydrogen-bond acceptors (Lipinski definition) is 7. The van der Waals surface area contributed by atoms with Crippen LogP contribution >= 0.6 is 0 Å². The van der Waals surface area contributed by atoms with Gasteiger partial charge in [-0.3, -0.25) is 4.79 Å². The van der Waals surface area contributed by atoms with E-state index in [0.29, 0.717) is 22.9 Å². The van der Waals surface area contributed by atoms with Crippen molar-refractivity contribution in [2.24, 2.45) is 0 Å². The van der Waals surface area contributed by atoms with Gasteiger partial charge in [0, 0.05) is 0 Å². The first-order valence-corrected chi connectivity index (χ1v) is 7.71. The zero-order chi connectivity index (χ0) is 17.1. The van der Waals surface area contributed by atoms with Gasteiger partial charge in [0.2, 0.25) is 6.10 Å². The van der Waals surface area contributed by atoms with Gasteiger partial charge in [-0.2, -0.15) is 0 Å². The number of carbonyl (C=O) groups excluding carboxylic acids is 1. The minimum atomic E-state index is -0.742. The molecule has 2 aromatic heterocycles. The van der Waals surface area contributed by atoms with E-state index in [1.807, 2.05) is 12.1 Å². The molecule has 1 aliphatic rings. The van der Waals surface area contributed by atoms with Crippen molar-refractivity contribution in [1.82, 2.24) is 14.9 Å². The highest BCUT2D eigenvalue weighted by molar-refractivity contribution is 5.81. The molecule has 0 saturated heterocycles. The van der Waals surface area contributed by atoms with E-state index in [-0.39, 0.29) is 25.6 Å². The molecule has 0 spiro atoms. The van der Waals surface area contributed by atoms with E-state index in [1.54, 1.807) is 17.0 Å². The van der Waals surface area contributed by atoms with E-state index in [1.165, 1.54) is 25.3 Å². The van der Waals surface area contributed by atoms with Crippen LogP contribution in [-0.2, 0) is 17.9 Å². The van der Waals surface area contributed by atoms with Crippen LogP contribution in [0.4, 0.5) is 0 Å². The Bertz CT molecular complexity index is 796. The molecule has 0 saturated carbocycles. The lowest BCUT2D eigenvalue weighted by atomic mass is 10.2. The summed E-state index contributed by atoms with van der Waals surface area (Å²) >= 11 is 0. The Morgan fingerprint density at radius 2 is 1.68 bits per heavy atom. The van der Waals surface area contributed by atoms with Crippen LogP contribution in [0.2, 0.25) is 0 Å². The van der Waals surface area contributed by atoms with Crippen LogP contribution < -0.4 is 9.47 Å². The number of aromatic nitrogens is 2. The molecule has 0 aliphatic carbocycles. The third-order valence-electron chi connectivity index (χ3n) is 3.77.